The third-order valence-electron chi connectivity index (χ3n) is 4.38. The summed E-state index contributed by atoms with van der Waals surface area (Å²) in [6.07, 6.45) is 4.42. The van der Waals surface area contributed by atoms with Crippen molar-refractivity contribution in [1.82, 2.24) is 15.6 Å². The SMILES string of the molecule is CCNC(=NCc1ccc(OCC2CC2)nc1)NC(C)c1ccccc1.I. The number of halogens is 1. The monoisotopic (exact) mass is 480 g/mol. The lowest BCUT2D eigenvalue weighted by Crippen LogP contribution is -2.38. The maximum absolute atomic E-state index is 5.68. The third-order valence-corrected chi connectivity index (χ3v) is 4.38. The molecule has 5 nitrogen and oxygen atoms in total. The Morgan fingerprint density at radius 2 is 2.00 bits per heavy atom. The van der Waals surface area contributed by atoms with E-state index in [0.717, 1.165) is 30.6 Å². The smallest absolute Gasteiger partial charge is 0.213 e. The molecule has 1 atom stereocenters. The number of nitrogens with one attached hydrogen (secondary N) is 2. The second-order valence-corrected chi connectivity index (χ2v) is 6.73. The van der Waals surface area contributed by atoms with Crippen LogP contribution < -0.4 is 15.4 Å². The molecule has 1 aromatic heterocycles. The maximum Gasteiger partial charge on any atom is 0.213 e. The van der Waals surface area contributed by atoms with Crippen molar-refractivity contribution < 1.29 is 4.74 Å². The highest BCUT2D eigenvalue weighted by Gasteiger charge is 2.22. The van der Waals surface area contributed by atoms with Crippen LogP contribution >= 0.6 is 24.0 Å². The topological polar surface area (TPSA) is 58.5 Å². The molecule has 1 aliphatic carbocycles. The van der Waals surface area contributed by atoms with Crippen LogP contribution in [0.15, 0.2) is 53.7 Å². The fourth-order valence-electron chi connectivity index (χ4n) is 2.60. The number of aromatic nitrogens is 1. The minimum atomic E-state index is 0. The fourth-order valence-corrected chi connectivity index (χ4v) is 2.60. The van der Waals surface area contributed by atoms with Gasteiger partial charge in [0, 0.05) is 18.8 Å². The summed E-state index contributed by atoms with van der Waals surface area (Å²) < 4.78 is 5.68. The van der Waals surface area contributed by atoms with E-state index in [-0.39, 0.29) is 30.0 Å². The second-order valence-electron chi connectivity index (χ2n) is 6.73. The van der Waals surface area contributed by atoms with Crippen LogP contribution in [0.5, 0.6) is 5.88 Å². The van der Waals surface area contributed by atoms with E-state index in [1.54, 1.807) is 0 Å². The summed E-state index contributed by atoms with van der Waals surface area (Å²) in [5.74, 6) is 2.24. The van der Waals surface area contributed by atoms with Crippen LogP contribution in [0.3, 0.4) is 0 Å². The standard InChI is InChI=1S/C21H28N4O.HI/c1-3-22-21(25-16(2)19-7-5-4-6-8-19)24-14-18-11-12-20(23-13-18)26-15-17-9-10-17;/h4-8,11-13,16-17H,3,9-10,14-15H2,1-2H3,(H2,22,24,25);1H. The van der Waals surface area contributed by atoms with Gasteiger partial charge in [0.25, 0.3) is 0 Å². The molecule has 0 spiro atoms. The van der Waals surface area contributed by atoms with Gasteiger partial charge in [-0.15, -0.1) is 24.0 Å². The van der Waals surface area contributed by atoms with Crippen LogP contribution in [-0.4, -0.2) is 24.1 Å². The molecule has 2 N–H and O–H groups in total. The van der Waals surface area contributed by atoms with Crippen LogP contribution in [0.2, 0.25) is 0 Å². The zero-order chi connectivity index (χ0) is 18.2. The number of nitrogens with zero attached hydrogens (tertiary/aromatic N) is 2. The van der Waals surface area contributed by atoms with Gasteiger partial charge in [-0.05, 0) is 43.7 Å². The molecular formula is C21H29IN4O. The maximum atomic E-state index is 5.68. The van der Waals surface area contributed by atoms with Crippen molar-refractivity contribution in [2.75, 3.05) is 13.2 Å². The molecule has 6 heteroatoms. The van der Waals surface area contributed by atoms with Gasteiger partial charge in [-0.1, -0.05) is 36.4 Å². The number of rotatable bonds is 8. The zero-order valence-corrected chi connectivity index (χ0v) is 18.4. The van der Waals surface area contributed by atoms with Crippen molar-refractivity contribution in [3.05, 3.63) is 59.8 Å². The Balaban J connectivity index is 0.00000261. The van der Waals surface area contributed by atoms with Crippen LogP contribution in [0.1, 0.15) is 43.9 Å². The predicted molar refractivity (Wildman–Crippen MR) is 121 cm³/mol. The first-order chi connectivity index (χ1) is 12.7. The number of guanidine groups is 1. The number of pyridine rings is 1. The number of hydrogen-bond acceptors (Lipinski definition) is 3. The van der Waals surface area contributed by atoms with Crippen LogP contribution in [-0.2, 0) is 6.54 Å². The van der Waals surface area contributed by atoms with E-state index < -0.39 is 0 Å². The van der Waals surface area contributed by atoms with Gasteiger partial charge in [-0.2, -0.15) is 0 Å². The fraction of sp³-hybridized carbons (Fsp3) is 0.429. The minimum Gasteiger partial charge on any atom is -0.477 e. The predicted octanol–water partition coefficient (Wildman–Crippen LogP) is 4.30. The van der Waals surface area contributed by atoms with Crippen LogP contribution in [0.25, 0.3) is 0 Å². The van der Waals surface area contributed by atoms with E-state index in [4.69, 9.17) is 4.74 Å². The van der Waals surface area contributed by atoms with Crippen LogP contribution in [0.4, 0.5) is 0 Å². The van der Waals surface area contributed by atoms with Gasteiger partial charge < -0.3 is 15.4 Å². The quantitative estimate of drug-likeness (QED) is 0.336. The van der Waals surface area contributed by atoms with Gasteiger partial charge >= 0.3 is 0 Å². The lowest BCUT2D eigenvalue weighted by Gasteiger charge is -2.18. The summed E-state index contributed by atoms with van der Waals surface area (Å²) in [5.41, 5.74) is 2.30. The summed E-state index contributed by atoms with van der Waals surface area (Å²) in [6.45, 7) is 6.39. The first kappa shape index (κ1) is 21.5. The van der Waals surface area contributed by atoms with Crippen molar-refractivity contribution in [2.24, 2.45) is 10.9 Å². The Labute approximate surface area is 179 Å². The number of hydrogen-bond donors (Lipinski definition) is 2. The van der Waals surface area contributed by atoms with E-state index in [9.17, 15) is 0 Å². The molecule has 0 saturated heterocycles. The first-order valence-electron chi connectivity index (χ1n) is 9.42. The average molecular weight is 480 g/mol. The van der Waals surface area contributed by atoms with Crippen LogP contribution in [0, 0.1) is 5.92 Å². The van der Waals surface area contributed by atoms with Gasteiger partial charge in [0.05, 0.1) is 19.2 Å². The van der Waals surface area contributed by atoms with Crippen molar-refractivity contribution in [1.29, 1.82) is 0 Å². The summed E-state index contributed by atoms with van der Waals surface area (Å²) in [6, 6.07) is 14.5. The molecule has 2 aromatic rings. The molecular weight excluding hydrogens is 451 g/mol. The normalized spacial score (nSPS) is 14.8. The number of benzene rings is 1. The molecule has 1 unspecified atom stereocenters. The highest BCUT2D eigenvalue weighted by atomic mass is 127. The van der Waals surface area contributed by atoms with E-state index in [2.05, 4.69) is 58.7 Å². The van der Waals surface area contributed by atoms with E-state index in [1.165, 1.54) is 18.4 Å². The summed E-state index contributed by atoms with van der Waals surface area (Å²) in [5, 5.41) is 6.75. The molecule has 0 aliphatic heterocycles. The Bertz CT molecular complexity index is 702. The first-order valence-corrected chi connectivity index (χ1v) is 9.42. The highest BCUT2D eigenvalue weighted by Crippen LogP contribution is 2.29. The van der Waals surface area contributed by atoms with Gasteiger partial charge in [0.1, 0.15) is 0 Å². The van der Waals surface area contributed by atoms with E-state index >= 15 is 0 Å². The molecule has 0 amide bonds. The number of aliphatic imine (C=N–C) groups is 1. The molecule has 0 radical (unpaired) electrons. The lowest BCUT2D eigenvalue weighted by atomic mass is 10.1. The van der Waals surface area contributed by atoms with Crippen molar-refractivity contribution >= 4 is 29.9 Å². The largest absolute Gasteiger partial charge is 0.477 e. The molecule has 1 heterocycles. The second kappa shape index (κ2) is 11.1. The Hall–Kier alpha value is -1.83. The Morgan fingerprint density at radius 3 is 2.63 bits per heavy atom. The van der Waals surface area contributed by atoms with Crippen molar-refractivity contribution in [3.63, 3.8) is 0 Å². The Kier molecular flexibility index (Phi) is 8.84. The molecule has 1 aromatic carbocycles. The molecule has 3 rings (SSSR count). The molecule has 27 heavy (non-hydrogen) atoms. The summed E-state index contributed by atoms with van der Waals surface area (Å²) in [7, 11) is 0. The third kappa shape index (κ3) is 7.36. The minimum absolute atomic E-state index is 0. The van der Waals surface area contributed by atoms with E-state index in [1.807, 2.05) is 24.4 Å². The molecule has 146 valence electrons. The van der Waals surface area contributed by atoms with E-state index in [0.29, 0.717) is 12.4 Å². The summed E-state index contributed by atoms with van der Waals surface area (Å²) in [4.78, 5) is 9.06. The van der Waals surface area contributed by atoms with Gasteiger partial charge in [-0.3, -0.25) is 0 Å². The highest BCUT2D eigenvalue weighted by molar-refractivity contribution is 14.0. The van der Waals surface area contributed by atoms with Gasteiger partial charge in [0.2, 0.25) is 5.88 Å². The molecule has 1 aliphatic rings. The lowest BCUT2D eigenvalue weighted by molar-refractivity contribution is 0.288. The zero-order valence-electron chi connectivity index (χ0n) is 16.0. The average Bonchev–Trinajstić information content (AvgIpc) is 3.50. The summed E-state index contributed by atoms with van der Waals surface area (Å²) >= 11 is 0. The molecule has 1 saturated carbocycles. The number of ether oxygens (including phenoxy) is 1. The molecule has 0 bridgehead atoms. The van der Waals surface area contributed by atoms with Gasteiger partial charge in [0.15, 0.2) is 5.96 Å². The Morgan fingerprint density at radius 1 is 1.22 bits per heavy atom. The van der Waals surface area contributed by atoms with Gasteiger partial charge in [-0.25, -0.2) is 9.98 Å². The van der Waals surface area contributed by atoms with Crippen molar-refractivity contribution in [2.45, 2.75) is 39.3 Å². The van der Waals surface area contributed by atoms with Crippen molar-refractivity contribution in [3.8, 4) is 5.88 Å². The molecule has 1 fully saturated rings.